The molecule has 0 heterocycles. The van der Waals surface area contributed by atoms with Crippen molar-refractivity contribution in [2.75, 3.05) is 19.7 Å². The van der Waals surface area contributed by atoms with Gasteiger partial charge in [-0.2, -0.15) is 4.31 Å². The summed E-state index contributed by atoms with van der Waals surface area (Å²) in [5, 5.41) is 9.54. The van der Waals surface area contributed by atoms with Gasteiger partial charge in [0.1, 0.15) is 0 Å². The van der Waals surface area contributed by atoms with E-state index in [-0.39, 0.29) is 18.0 Å². The number of benzene rings is 1. The lowest BCUT2D eigenvalue weighted by Crippen LogP contribution is -2.33. The Labute approximate surface area is 110 Å². The number of aliphatic hydroxyl groups is 1. The summed E-state index contributed by atoms with van der Waals surface area (Å²) in [5.41, 5.74) is 1.02. The first kappa shape index (κ1) is 14.6. The molecule has 1 N–H and O–H groups in total. The lowest BCUT2D eigenvalue weighted by atomic mass is 10.2. The van der Waals surface area contributed by atoms with Crippen molar-refractivity contribution in [3.63, 3.8) is 0 Å². The van der Waals surface area contributed by atoms with Gasteiger partial charge >= 0.3 is 0 Å². The van der Waals surface area contributed by atoms with Crippen molar-refractivity contribution in [1.29, 1.82) is 0 Å². The van der Waals surface area contributed by atoms with Gasteiger partial charge in [0.2, 0.25) is 10.0 Å². The van der Waals surface area contributed by atoms with E-state index in [2.05, 4.69) is 15.9 Å². The molecule has 1 aromatic carbocycles. The fourth-order valence-corrected chi connectivity index (χ4v) is 3.27. The number of likely N-dealkylation sites (N-methyl/N-ethyl adjacent to an activating group) is 1. The van der Waals surface area contributed by atoms with Crippen LogP contribution in [-0.4, -0.2) is 37.5 Å². The van der Waals surface area contributed by atoms with E-state index in [0.29, 0.717) is 11.9 Å². The highest BCUT2D eigenvalue weighted by Crippen LogP contribution is 2.17. The molecule has 0 aliphatic carbocycles. The Bertz CT molecular complexity index is 444. The van der Waals surface area contributed by atoms with E-state index >= 15 is 0 Å². The molecule has 0 bridgehead atoms. The Kier molecular flexibility index (Phi) is 5.58. The number of alkyl halides is 1. The Hall–Kier alpha value is -0.430. The second kappa shape index (κ2) is 6.49. The number of aliphatic hydroxyl groups excluding tert-OH is 1. The highest BCUT2D eigenvalue weighted by atomic mass is 79.9. The third kappa shape index (κ3) is 3.51. The predicted molar refractivity (Wildman–Crippen MR) is 70.6 cm³/mol. The van der Waals surface area contributed by atoms with Crippen molar-refractivity contribution in [1.82, 2.24) is 4.31 Å². The first-order valence-electron chi connectivity index (χ1n) is 5.32. The average molecular weight is 322 g/mol. The molecule has 0 saturated heterocycles. The van der Waals surface area contributed by atoms with E-state index < -0.39 is 10.0 Å². The van der Waals surface area contributed by atoms with Gasteiger partial charge in [-0.1, -0.05) is 35.0 Å². The fourth-order valence-electron chi connectivity index (χ4n) is 1.46. The van der Waals surface area contributed by atoms with Crippen LogP contribution in [0.4, 0.5) is 0 Å². The Morgan fingerprint density at radius 3 is 2.29 bits per heavy atom. The van der Waals surface area contributed by atoms with Gasteiger partial charge in [0.15, 0.2) is 0 Å². The summed E-state index contributed by atoms with van der Waals surface area (Å²) in [5.74, 6) is 0. The maximum absolute atomic E-state index is 12.2. The quantitative estimate of drug-likeness (QED) is 0.809. The minimum absolute atomic E-state index is 0.124. The normalized spacial score (nSPS) is 12.0. The van der Waals surface area contributed by atoms with Gasteiger partial charge in [-0.3, -0.25) is 0 Å². The predicted octanol–water partition coefficient (Wildman–Crippen LogP) is 1.58. The van der Waals surface area contributed by atoms with Gasteiger partial charge < -0.3 is 5.11 Å². The molecule has 0 aromatic heterocycles. The Balaban J connectivity index is 3.02. The number of hydrogen-bond acceptors (Lipinski definition) is 3. The van der Waals surface area contributed by atoms with Crippen molar-refractivity contribution in [2.24, 2.45) is 0 Å². The van der Waals surface area contributed by atoms with Crippen LogP contribution in [0.5, 0.6) is 0 Å². The van der Waals surface area contributed by atoms with E-state index in [4.69, 9.17) is 5.11 Å². The van der Waals surface area contributed by atoms with Gasteiger partial charge in [0.25, 0.3) is 0 Å². The average Bonchev–Trinajstić information content (AvgIpc) is 2.35. The molecule has 0 spiro atoms. The van der Waals surface area contributed by atoms with Crippen LogP contribution in [0.3, 0.4) is 0 Å². The van der Waals surface area contributed by atoms with Crippen molar-refractivity contribution < 1.29 is 13.5 Å². The Morgan fingerprint density at radius 2 is 1.88 bits per heavy atom. The van der Waals surface area contributed by atoms with Crippen molar-refractivity contribution >= 4 is 26.0 Å². The summed E-state index contributed by atoms with van der Waals surface area (Å²) < 4.78 is 25.6. The smallest absolute Gasteiger partial charge is 0.243 e. The number of rotatable bonds is 6. The number of hydrogen-bond donors (Lipinski definition) is 1. The van der Waals surface area contributed by atoms with Crippen molar-refractivity contribution in [3.8, 4) is 0 Å². The zero-order valence-corrected chi connectivity index (χ0v) is 12.0. The SMILES string of the molecule is CCN(CCO)S(=O)(=O)c1ccc(CBr)cc1. The monoisotopic (exact) mass is 321 g/mol. The van der Waals surface area contributed by atoms with Crippen molar-refractivity contribution in [2.45, 2.75) is 17.1 Å². The summed E-state index contributed by atoms with van der Waals surface area (Å²) in [6.07, 6.45) is 0. The van der Waals surface area contributed by atoms with Gasteiger partial charge in [-0.15, -0.1) is 0 Å². The summed E-state index contributed by atoms with van der Waals surface area (Å²) >= 11 is 3.31. The molecular weight excluding hydrogens is 306 g/mol. The molecule has 0 radical (unpaired) electrons. The fraction of sp³-hybridized carbons (Fsp3) is 0.455. The molecular formula is C11H16BrNO3S. The molecule has 17 heavy (non-hydrogen) atoms. The van der Waals surface area contributed by atoms with E-state index in [1.165, 1.54) is 4.31 Å². The molecule has 0 fully saturated rings. The molecule has 0 atom stereocenters. The van der Waals surface area contributed by atoms with Gasteiger partial charge in [0.05, 0.1) is 11.5 Å². The third-order valence-corrected chi connectivity index (χ3v) is 5.05. The van der Waals surface area contributed by atoms with E-state index in [1.807, 2.05) is 0 Å². The highest BCUT2D eigenvalue weighted by molar-refractivity contribution is 9.08. The van der Waals surface area contributed by atoms with Crippen LogP contribution in [-0.2, 0) is 15.4 Å². The van der Waals surface area contributed by atoms with Crippen LogP contribution < -0.4 is 0 Å². The number of nitrogens with zero attached hydrogens (tertiary/aromatic N) is 1. The van der Waals surface area contributed by atoms with Crippen LogP contribution in [0.15, 0.2) is 29.2 Å². The summed E-state index contributed by atoms with van der Waals surface area (Å²) in [6.45, 7) is 2.05. The molecule has 0 saturated carbocycles. The van der Waals surface area contributed by atoms with Crippen LogP contribution >= 0.6 is 15.9 Å². The minimum atomic E-state index is -3.48. The van der Waals surface area contributed by atoms with Gasteiger partial charge in [-0.25, -0.2) is 8.42 Å². The second-order valence-corrected chi connectivity index (χ2v) is 6.00. The molecule has 0 aliphatic rings. The highest BCUT2D eigenvalue weighted by Gasteiger charge is 2.22. The summed E-state index contributed by atoms with van der Waals surface area (Å²) in [7, 11) is -3.48. The van der Waals surface area contributed by atoms with E-state index in [1.54, 1.807) is 31.2 Å². The standard InChI is InChI=1S/C11H16BrNO3S/c1-2-13(7-8-14)17(15,16)11-5-3-10(9-12)4-6-11/h3-6,14H,2,7-9H2,1H3. The van der Waals surface area contributed by atoms with Crippen LogP contribution in [0.25, 0.3) is 0 Å². The first-order chi connectivity index (χ1) is 8.06. The van der Waals surface area contributed by atoms with E-state index in [9.17, 15) is 8.42 Å². The topological polar surface area (TPSA) is 57.6 Å². The van der Waals surface area contributed by atoms with Gasteiger partial charge in [-0.05, 0) is 17.7 Å². The maximum atomic E-state index is 12.2. The molecule has 4 nitrogen and oxygen atoms in total. The lowest BCUT2D eigenvalue weighted by molar-refractivity contribution is 0.257. The van der Waals surface area contributed by atoms with Crippen molar-refractivity contribution in [3.05, 3.63) is 29.8 Å². The molecule has 1 rings (SSSR count). The van der Waals surface area contributed by atoms with Crippen LogP contribution in [0.1, 0.15) is 12.5 Å². The first-order valence-corrected chi connectivity index (χ1v) is 7.88. The maximum Gasteiger partial charge on any atom is 0.243 e. The third-order valence-electron chi connectivity index (χ3n) is 2.42. The molecule has 1 aromatic rings. The molecule has 6 heteroatoms. The van der Waals surface area contributed by atoms with Gasteiger partial charge in [0, 0.05) is 18.4 Å². The summed E-state index contributed by atoms with van der Waals surface area (Å²) in [6, 6.07) is 6.72. The number of sulfonamides is 1. The lowest BCUT2D eigenvalue weighted by Gasteiger charge is -2.19. The number of halogens is 1. The van der Waals surface area contributed by atoms with Crippen LogP contribution in [0, 0.1) is 0 Å². The second-order valence-electron chi connectivity index (χ2n) is 3.50. The zero-order valence-electron chi connectivity index (χ0n) is 9.63. The molecule has 0 aliphatic heterocycles. The molecule has 96 valence electrons. The molecule has 0 amide bonds. The Morgan fingerprint density at radius 1 is 1.29 bits per heavy atom. The zero-order chi connectivity index (χ0) is 12.9. The summed E-state index contributed by atoms with van der Waals surface area (Å²) in [4.78, 5) is 0.262. The van der Waals surface area contributed by atoms with Crippen LogP contribution in [0.2, 0.25) is 0 Å². The minimum Gasteiger partial charge on any atom is -0.395 e. The largest absolute Gasteiger partial charge is 0.395 e. The molecule has 0 unspecified atom stereocenters. The van der Waals surface area contributed by atoms with E-state index in [0.717, 1.165) is 5.56 Å².